The molecule has 104 valence electrons. The minimum Gasteiger partial charge on any atom is -0.465 e. The molecule has 1 amide bonds. The maximum absolute atomic E-state index is 11.8. The second-order valence-electron chi connectivity index (χ2n) is 3.97. The zero-order valence-corrected chi connectivity index (χ0v) is 12.3. The molecule has 1 heterocycles. The van der Waals surface area contributed by atoms with Crippen molar-refractivity contribution in [3.8, 4) is 0 Å². The summed E-state index contributed by atoms with van der Waals surface area (Å²) in [4.78, 5) is 23.0. The Bertz CT molecular complexity index is 618. The van der Waals surface area contributed by atoms with Crippen LogP contribution in [0.3, 0.4) is 0 Å². The van der Waals surface area contributed by atoms with Gasteiger partial charge < -0.3 is 14.5 Å². The van der Waals surface area contributed by atoms with Gasteiger partial charge in [-0.2, -0.15) is 0 Å². The number of nitrogens with one attached hydrogen (secondary N) is 1. The smallest absolute Gasteiger partial charge is 0.337 e. The minimum absolute atomic E-state index is 0.239. The van der Waals surface area contributed by atoms with Crippen molar-refractivity contribution in [1.29, 1.82) is 0 Å². The number of furan rings is 1. The first-order chi connectivity index (χ1) is 9.60. The van der Waals surface area contributed by atoms with Crippen LogP contribution in [-0.4, -0.2) is 19.0 Å². The predicted molar refractivity (Wildman–Crippen MR) is 75.4 cm³/mol. The van der Waals surface area contributed by atoms with E-state index >= 15 is 0 Å². The monoisotopic (exact) mass is 337 g/mol. The van der Waals surface area contributed by atoms with Gasteiger partial charge in [0, 0.05) is 6.54 Å². The van der Waals surface area contributed by atoms with Gasteiger partial charge in [-0.15, -0.1) is 0 Å². The van der Waals surface area contributed by atoms with Crippen molar-refractivity contribution in [3.63, 3.8) is 0 Å². The van der Waals surface area contributed by atoms with Crippen molar-refractivity contribution >= 4 is 27.8 Å². The number of benzene rings is 1. The summed E-state index contributed by atoms with van der Waals surface area (Å²) in [7, 11) is 1.33. The summed E-state index contributed by atoms with van der Waals surface area (Å²) in [6.07, 6.45) is 0. The van der Waals surface area contributed by atoms with Gasteiger partial charge in [0.2, 0.25) is 0 Å². The number of halogens is 1. The molecule has 0 spiro atoms. The van der Waals surface area contributed by atoms with Crippen LogP contribution in [0.25, 0.3) is 0 Å². The Balaban J connectivity index is 1.94. The van der Waals surface area contributed by atoms with E-state index in [1.54, 1.807) is 36.4 Å². The fourth-order valence-electron chi connectivity index (χ4n) is 1.58. The average Bonchev–Trinajstić information content (AvgIpc) is 2.91. The zero-order chi connectivity index (χ0) is 14.5. The first-order valence-corrected chi connectivity index (χ1v) is 6.60. The molecule has 6 heteroatoms. The lowest BCUT2D eigenvalue weighted by molar-refractivity contribution is 0.0600. The molecular formula is C14H12BrNO4. The summed E-state index contributed by atoms with van der Waals surface area (Å²) >= 11 is 3.13. The van der Waals surface area contributed by atoms with Crippen LogP contribution < -0.4 is 5.32 Å². The Morgan fingerprint density at radius 3 is 2.45 bits per heavy atom. The molecule has 0 saturated carbocycles. The summed E-state index contributed by atoms with van der Waals surface area (Å²) in [5.41, 5.74) is 1.34. The number of hydrogen-bond acceptors (Lipinski definition) is 4. The molecule has 0 radical (unpaired) electrons. The standard InChI is InChI=1S/C14H12BrNO4/c1-19-14(18)10-4-2-9(3-5-10)8-16-13(17)11-6-7-12(15)20-11/h2-7H,8H2,1H3,(H,16,17). The fraction of sp³-hybridized carbons (Fsp3) is 0.143. The van der Waals surface area contributed by atoms with Crippen LogP contribution in [0.15, 0.2) is 45.5 Å². The van der Waals surface area contributed by atoms with Crippen LogP contribution >= 0.6 is 15.9 Å². The number of ether oxygens (including phenoxy) is 1. The quantitative estimate of drug-likeness (QED) is 0.871. The molecule has 0 bridgehead atoms. The first kappa shape index (κ1) is 14.3. The summed E-state index contributed by atoms with van der Waals surface area (Å²) in [5, 5.41) is 2.72. The Kier molecular flexibility index (Phi) is 4.57. The lowest BCUT2D eigenvalue weighted by atomic mass is 10.1. The maximum atomic E-state index is 11.8. The largest absolute Gasteiger partial charge is 0.465 e. The molecule has 1 aromatic carbocycles. The van der Waals surface area contributed by atoms with Crippen LogP contribution in [0, 0.1) is 0 Å². The van der Waals surface area contributed by atoms with E-state index in [9.17, 15) is 9.59 Å². The third kappa shape index (κ3) is 3.48. The molecule has 0 fully saturated rings. The zero-order valence-electron chi connectivity index (χ0n) is 10.7. The van der Waals surface area contributed by atoms with Gasteiger partial charge in [0.1, 0.15) is 0 Å². The van der Waals surface area contributed by atoms with Gasteiger partial charge in [0.25, 0.3) is 5.91 Å². The number of rotatable bonds is 4. The van der Waals surface area contributed by atoms with Crippen LogP contribution in [-0.2, 0) is 11.3 Å². The Morgan fingerprint density at radius 2 is 1.90 bits per heavy atom. The number of carbonyl (C=O) groups excluding carboxylic acids is 2. The van der Waals surface area contributed by atoms with Crippen LogP contribution in [0.5, 0.6) is 0 Å². The highest BCUT2D eigenvalue weighted by Gasteiger charge is 2.10. The van der Waals surface area contributed by atoms with Crippen molar-refractivity contribution in [2.75, 3.05) is 7.11 Å². The van der Waals surface area contributed by atoms with E-state index in [1.165, 1.54) is 7.11 Å². The Morgan fingerprint density at radius 1 is 1.20 bits per heavy atom. The highest BCUT2D eigenvalue weighted by Crippen LogP contribution is 2.14. The number of esters is 1. The van der Waals surface area contributed by atoms with Crippen LogP contribution in [0.2, 0.25) is 0 Å². The molecule has 0 aliphatic rings. The molecule has 1 N–H and O–H groups in total. The fourth-order valence-corrected chi connectivity index (χ4v) is 1.89. The minimum atomic E-state index is -0.388. The normalized spacial score (nSPS) is 10.1. The molecular weight excluding hydrogens is 326 g/mol. The number of hydrogen-bond donors (Lipinski definition) is 1. The van der Waals surface area contributed by atoms with Gasteiger partial charge in [0.15, 0.2) is 10.4 Å². The molecule has 0 aliphatic heterocycles. The van der Waals surface area contributed by atoms with E-state index in [2.05, 4.69) is 26.0 Å². The third-order valence-electron chi connectivity index (χ3n) is 2.63. The summed E-state index contributed by atoms with van der Waals surface area (Å²) < 4.78 is 10.3. The van der Waals surface area contributed by atoms with Gasteiger partial charge in [-0.1, -0.05) is 12.1 Å². The summed E-state index contributed by atoms with van der Waals surface area (Å²) in [5.74, 6) is -0.447. The predicted octanol–water partition coefficient (Wildman–Crippen LogP) is 2.76. The van der Waals surface area contributed by atoms with Gasteiger partial charge in [-0.25, -0.2) is 4.79 Å². The van der Waals surface area contributed by atoms with E-state index in [1.807, 2.05) is 0 Å². The molecule has 0 unspecified atom stereocenters. The summed E-state index contributed by atoms with van der Waals surface area (Å²) in [6, 6.07) is 10.0. The maximum Gasteiger partial charge on any atom is 0.337 e. The Labute approximate surface area is 124 Å². The van der Waals surface area contributed by atoms with Gasteiger partial charge in [-0.05, 0) is 45.8 Å². The second kappa shape index (κ2) is 6.38. The number of methoxy groups -OCH3 is 1. The lowest BCUT2D eigenvalue weighted by Crippen LogP contribution is -2.22. The van der Waals surface area contributed by atoms with Crippen molar-refractivity contribution in [1.82, 2.24) is 5.32 Å². The second-order valence-corrected chi connectivity index (χ2v) is 4.76. The van der Waals surface area contributed by atoms with E-state index in [0.717, 1.165) is 5.56 Å². The highest BCUT2D eigenvalue weighted by molar-refractivity contribution is 9.10. The Hall–Kier alpha value is -2.08. The van der Waals surface area contributed by atoms with Crippen molar-refractivity contribution < 1.29 is 18.7 Å². The van der Waals surface area contributed by atoms with Gasteiger partial charge >= 0.3 is 5.97 Å². The molecule has 20 heavy (non-hydrogen) atoms. The van der Waals surface area contributed by atoms with E-state index in [0.29, 0.717) is 16.8 Å². The summed E-state index contributed by atoms with van der Waals surface area (Å²) in [6.45, 7) is 0.346. The van der Waals surface area contributed by atoms with E-state index in [4.69, 9.17) is 4.42 Å². The van der Waals surface area contributed by atoms with Gasteiger partial charge in [-0.3, -0.25) is 4.79 Å². The van der Waals surface area contributed by atoms with E-state index in [-0.39, 0.29) is 17.6 Å². The third-order valence-corrected chi connectivity index (χ3v) is 3.05. The SMILES string of the molecule is COC(=O)c1ccc(CNC(=O)c2ccc(Br)o2)cc1. The molecule has 0 saturated heterocycles. The number of carbonyl (C=O) groups is 2. The highest BCUT2D eigenvalue weighted by atomic mass is 79.9. The first-order valence-electron chi connectivity index (χ1n) is 5.81. The topological polar surface area (TPSA) is 68.5 Å². The lowest BCUT2D eigenvalue weighted by Gasteiger charge is -2.04. The molecule has 2 aromatic rings. The van der Waals surface area contributed by atoms with Crippen molar-refractivity contribution in [2.24, 2.45) is 0 Å². The van der Waals surface area contributed by atoms with E-state index < -0.39 is 0 Å². The molecule has 0 atom stereocenters. The van der Waals surface area contributed by atoms with Crippen LogP contribution in [0.1, 0.15) is 26.5 Å². The molecule has 5 nitrogen and oxygen atoms in total. The molecule has 0 aliphatic carbocycles. The van der Waals surface area contributed by atoms with Gasteiger partial charge in [0.05, 0.1) is 12.7 Å². The van der Waals surface area contributed by atoms with Crippen LogP contribution in [0.4, 0.5) is 0 Å². The average molecular weight is 338 g/mol. The number of amides is 1. The molecule has 2 rings (SSSR count). The molecule has 1 aromatic heterocycles. The van der Waals surface area contributed by atoms with Crippen molar-refractivity contribution in [3.05, 3.63) is 58.0 Å². The van der Waals surface area contributed by atoms with Crippen molar-refractivity contribution in [2.45, 2.75) is 6.54 Å².